The minimum atomic E-state index is -4.43. The molecule has 0 atom stereocenters. The second kappa shape index (κ2) is 7.64. The van der Waals surface area contributed by atoms with Gasteiger partial charge in [0.05, 0.1) is 4.88 Å². The van der Waals surface area contributed by atoms with E-state index in [1.807, 2.05) is 11.4 Å². The third-order valence-electron chi connectivity index (χ3n) is 4.83. The number of pyridine rings is 1. The lowest BCUT2D eigenvalue weighted by atomic mass is 10.0. The molecule has 1 amide bonds. The molecule has 0 aromatic carbocycles. The first-order valence-corrected chi connectivity index (χ1v) is 9.97. The zero-order valence-electron chi connectivity index (χ0n) is 15.6. The van der Waals surface area contributed by atoms with Crippen LogP contribution in [0, 0.1) is 0 Å². The van der Waals surface area contributed by atoms with Crippen LogP contribution in [0.4, 0.5) is 13.2 Å². The molecule has 3 aromatic rings. The maximum atomic E-state index is 12.3. The summed E-state index contributed by atoms with van der Waals surface area (Å²) in [6.07, 6.45) is 0.446. The lowest BCUT2D eigenvalue weighted by Crippen LogP contribution is -2.33. The number of aromatic amines is 1. The Kier molecular flexibility index (Phi) is 5.18. The highest BCUT2D eigenvalue weighted by atomic mass is 32.1. The monoisotopic (exact) mass is 420 g/mol. The van der Waals surface area contributed by atoms with Crippen molar-refractivity contribution in [3.63, 3.8) is 0 Å². The van der Waals surface area contributed by atoms with Gasteiger partial charge >= 0.3 is 6.18 Å². The smallest absolute Gasteiger partial charge is 0.342 e. The fraction of sp³-hybridized carbons (Fsp3) is 0.300. The molecule has 0 fully saturated rings. The van der Waals surface area contributed by atoms with Gasteiger partial charge in [-0.2, -0.15) is 13.2 Å². The van der Waals surface area contributed by atoms with Gasteiger partial charge in [0, 0.05) is 35.9 Å². The summed E-state index contributed by atoms with van der Waals surface area (Å²) in [6.45, 7) is 0.579. The van der Waals surface area contributed by atoms with Crippen LogP contribution in [0.15, 0.2) is 35.9 Å². The average Bonchev–Trinajstić information content (AvgIpc) is 3.32. The number of aromatic nitrogens is 2. The molecule has 9 heteroatoms. The van der Waals surface area contributed by atoms with Crippen molar-refractivity contribution >= 4 is 33.9 Å². The number of rotatable bonds is 4. The second-order valence-electron chi connectivity index (χ2n) is 7.08. The van der Waals surface area contributed by atoms with Gasteiger partial charge in [-0.3, -0.25) is 4.79 Å². The van der Waals surface area contributed by atoms with Crippen LogP contribution in [0.1, 0.15) is 21.8 Å². The molecule has 0 bridgehead atoms. The summed E-state index contributed by atoms with van der Waals surface area (Å²) in [7, 11) is 2.09. The van der Waals surface area contributed by atoms with Crippen molar-refractivity contribution in [3.05, 3.63) is 46.4 Å². The summed E-state index contributed by atoms with van der Waals surface area (Å²) in [5, 5.41) is 4.59. The highest BCUT2D eigenvalue weighted by Gasteiger charge is 2.28. The number of hydrogen-bond donors (Lipinski definition) is 2. The second-order valence-corrected chi connectivity index (χ2v) is 8.00. The molecule has 4 heterocycles. The largest absolute Gasteiger partial charge is 0.405 e. The van der Waals surface area contributed by atoms with E-state index < -0.39 is 18.6 Å². The van der Waals surface area contributed by atoms with Gasteiger partial charge in [0.2, 0.25) is 0 Å². The number of hydrogen-bond acceptors (Lipinski definition) is 4. The van der Waals surface area contributed by atoms with Crippen molar-refractivity contribution in [2.75, 3.05) is 26.7 Å². The Bertz CT molecular complexity index is 1080. The van der Waals surface area contributed by atoms with Crippen molar-refractivity contribution < 1.29 is 18.0 Å². The molecule has 0 unspecified atom stereocenters. The highest BCUT2D eigenvalue weighted by Crippen LogP contribution is 2.30. The van der Waals surface area contributed by atoms with Gasteiger partial charge in [-0.25, -0.2) is 4.98 Å². The Balaban J connectivity index is 1.54. The van der Waals surface area contributed by atoms with Crippen LogP contribution >= 0.6 is 11.3 Å². The summed E-state index contributed by atoms with van der Waals surface area (Å²) in [4.78, 5) is 22.2. The molecule has 3 aromatic heterocycles. The van der Waals surface area contributed by atoms with Crippen LogP contribution in [0.2, 0.25) is 0 Å². The van der Waals surface area contributed by atoms with Crippen LogP contribution in [0.5, 0.6) is 0 Å². The Morgan fingerprint density at radius 1 is 1.31 bits per heavy atom. The molecule has 1 aliphatic heterocycles. The van der Waals surface area contributed by atoms with E-state index in [1.54, 1.807) is 17.6 Å². The van der Waals surface area contributed by atoms with E-state index in [9.17, 15) is 18.0 Å². The number of alkyl halides is 3. The number of carbonyl (C=O) groups excluding carboxylic acids is 1. The lowest BCUT2D eigenvalue weighted by molar-refractivity contribution is -0.123. The van der Waals surface area contributed by atoms with Crippen LogP contribution in [0.3, 0.4) is 0 Å². The molecule has 0 saturated heterocycles. The van der Waals surface area contributed by atoms with Crippen molar-refractivity contribution in [3.8, 4) is 11.1 Å². The quantitative estimate of drug-likeness (QED) is 0.662. The topological polar surface area (TPSA) is 61.0 Å². The first-order chi connectivity index (χ1) is 13.8. The van der Waals surface area contributed by atoms with Crippen molar-refractivity contribution in [2.24, 2.45) is 0 Å². The standard InChI is InChI=1S/C20H19F3N4OS/c1-27-4-2-12(3-5-27)16-7-13-6-14(9-24-18(13)26-16)15-8-17(29-10-15)19(28)25-11-20(21,22)23/h2,6-10H,3-5,11H2,1H3,(H,24,26)(H,25,28). The summed E-state index contributed by atoms with van der Waals surface area (Å²) in [5.74, 6) is -0.731. The number of nitrogens with one attached hydrogen (secondary N) is 2. The molecule has 1 aliphatic rings. The van der Waals surface area contributed by atoms with Crippen molar-refractivity contribution in [2.45, 2.75) is 12.6 Å². The minimum Gasteiger partial charge on any atom is -0.342 e. The summed E-state index contributed by atoms with van der Waals surface area (Å²) in [6, 6.07) is 5.62. The van der Waals surface area contributed by atoms with Crippen LogP contribution in [0.25, 0.3) is 27.7 Å². The average molecular weight is 420 g/mol. The number of thiophene rings is 1. The SMILES string of the molecule is CN1CC=C(c2cc3cc(-c4csc(C(=O)NCC(F)(F)F)c4)cnc3[nH]2)CC1. The van der Waals surface area contributed by atoms with E-state index in [0.29, 0.717) is 0 Å². The molecular formula is C20H19F3N4OS. The summed E-state index contributed by atoms with van der Waals surface area (Å²) < 4.78 is 36.8. The Morgan fingerprint density at radius 3 is 2.86 bits per heavy atom. The first kappa shape index (κ1) is 19.7. The fourth-order valence-corrected chi connectivity index (χ4v) is 4.07. The first-order valence-electron chi connectivity index (χ1n) is 9.09. The highest BCUT2D eigenvalue weighted by molar-refractivity contribution is 7.12. The van der Waals surface area contributed by atoms with Crippen LogP contribution < -0.4 is 5.32 Å². The van der Waals surface area contributed by atoms with E-state index >= 15 is 0 Å². The number of nitrogens with zero attached hydrogens (tertiary/aromatic N) is 2. The van der Waals surface area contributed by atoms with E-state index in [2.05, 4.69) is 34.1 Å². The minimum absolute atomic E-state index is 0.232. The number of halogens is 3. The van der Waals surface area contributed by atoms with Crippen LogP contribution in [-0.4, -0.2) is 53.6 Å². The molecule has 0 aliphatic carbocycles. The van der Waals surface area contributed by atoms with Gasteiger partial charge in [0.15, 0.2) is 0 Å². The lowest BCUT2D eigenvalue weighted by Gasteiger charge is -2.21. The molecule has 4 rings (SSSR count). The maximum absolute atomic E-state index is 12.3. The zero-order chi connectivity index (χ0) is 20.6. The van der Waals surface area contributed by atoms with Gasteiger partial charge in [-0.1, -0.05) is 6.08 Å². The summed E-state index contributed by atoms with van der Waals surface area (Å²) in [5.41, 5.74) is 4.66. The Morgan fingerprint density at radius 2 is 2.14 bits per heavy atom. The van der Waals surface area contributed by atoms with E-state index in [1.165, 1.54) is 5.57 Å². The third-order valence-corrected chi connectivity index (χ3v) is 5.76. The number of amides is 1. The van der Waals surface area contributed by atoms with E-state index in [4.69, 9.17) is 0 Å². The van der Waals surface area contributed by atoms with Crippen LogP contribution in [-0.2, 0) is 0 Å². The van der Waals surface area contributed by atoms with E-state index in [0.717, 1.165) is 58.7 Å². The molecule has 0 saturated carbocycles. The number of fused-ring (bicyclic) bond motifs is 1. The van der Waals surface area contributed by atoms with Crippen molar-refractivity contribution in [1.29, 1.82) is 0 Å². The Labute approximate surface area is 169 Å². The molecule has 29 heavy (non-hydrogen) atoms. The molecule has 5 nitrogen and oxygen atoms in total. The van der Waals surface area contributed by atoms with Gasteiger partial charge in [-0.05, 0) is 48.2 Å². The maximum Gasteiger partial charge on any atom is 0.405 e. The molecule has 152 valence electrons. The normalized spacial score (nSPS) is 15.5. The summed E-state index contributed by atoms with van der Waals surface area (Å²) >= 11 is 1.11. The number of carbonyl (C=O) groups is 1. The molecular weight excluding hydrogens is 401 g/mol. The molecule has 2 N–H and O–H groups in total. The van der Waals surface area contributed by atoms with Crippen molar-refractivity contribution in [1.82, 2.24) is 20.2 Å². The zero-order valence-corrected chi connectivity index (χ0v) is 16.5. The van der Waals surface area contributed by atoms with Gasteiger partial charge in [0.1, 0.15) is 12.2 Å². The number of H-pyrrole nitrogens is 1. The fourth-order valence-electron chi connectivity index (χ4n) is 3.24. The molecule has 0 spiro atoms. The molecule has 0 radical (unpaired) electrons. The van der Waals surface area contributed by atoms with Gasteiger partial charge in [0.25, 0.3) is 5.91 Å². The Hall–Kier alpha value is -2.65. The predicted molar refractivity (Wildman–Crippen MR) is 108 cm³/mol. The van der Waals surface area contributed by atoms with Gasteiger partial charge in [-0.15, -0.1) is 11.3 Å². The third kappa shape index (κ3) is 4.51. The predicted octanol–water partition coefficient (Wildman–Crippen LogP) is 4.30. The number of likely N-dealkylation sites (N-methyl/N-ethyl adjacent to an activating group) is 1. The van der Waals surface area contributed by atoms with E-state index in [-0.39, 0.29) is 4.88 Å². The van der Waals surface area contributed by atoms with Gasteiger partial charge < -0.3 is 15.2 Å².